The van der Waals surface area contributed by atoms with Gasteiger partial charge in [-0.2, -0.15) is 0 Å². The van der Waals surface area contributed by atoms with E-state index in [9.17, 15) is 9.59 Å². The molecule has 1 aliphatic carbocycles. The van der Waals surface area contributed by atoms with Gasteiger partial charge < -0.3 is 4.74 Å². The SMILES string of the molecule is O=C(COC(=O)c1c2ccccc2cc2ccccc12)c1ccc2c(c1)CCC2. The Morgan fingerprint density at radius 2 is 1.41 bits per heavy atom. The number of fused-ring (bicyclic) bond motifs is 3. The molecule has 0 N–H and O–H groups in total. The second-order valence-electron chi connectivity index (χ2n) is 7.53. The van der Waals surface area contributed by atoms with E-state index in [1.54, 1.807) is 0 Å². The number of carbonyl (C=O) groups excluding carboxylic acids is 2. The van der Waals surface area contributed by atoms with Crippen molar-refractivity contribution in [3.63, 3.8) is 0 Å². The van der Waals surface area contributed by atoms with E-state index in [0.717, 1.165) is 40.8 Å². The van der Waals surface area contributed by atoms with Crippen molar-refractivity contribution in [2.75, 3.05) is 6.61 Å². The normalized spacial score (nSPS) is 12.8. The molecule has 0 saturated heterocycles. The Morgan fingerprint density at radius 1 is 0.759 bits per heavy atom. The number of carbonyl (C=O) groups is 2. The maximum Gasteiger partial charge on any atom is 0.339 e. The van der Waals surface area contributed by atoms with Crippen LogP contribution in [0.25, 0.3) is 21.5 Å². The fraction of sp³-hybridized carbons (Fsp3) is 0.154. The van der Waals surface area contributed by atoms with Gasteiger partial charge in [-0.25, -0.2) is 4.79 Å². The molecule has 0 aromatic heterocycles. The smallest absolute Gasteiger partial charge is 0.339 e. The van der Waals surface area contributed by atoms with Crippen molar-refractivity contribution in [2.24, 2.45) is 0 Å². The second-order valence-corrected chi connectivity index (χ2v) is 7.53. The van der Waals surface area contributed by atoms with E-state index < -0.39 is 5.97 Å². The summed E-state index contributed by atoms with van der Waals surface area (Å²) in [4.78, 5) is 25.7. The third-order valence-corrected chi connectivity index (χ3v) is 5.73. The van der Waals surface area contributed by atoms with Gasteiger partial charge in [-0.15, -0.1) is 0 Å². The molecule has 0 bridgehead atoms. The molecule has 0 spiro atoms. The average molecular weight is 380 g/mol. The molecule has 142 valence electrons. The van der Waals surface area contributed by atoms with E-state index in [-0.39, 0.29) is 12.4 Å². The van der Waals surface area contributed by atoms with Crippen molar-refractivity contribution < 1.29 is 14.3 Å². The lowest BCUT2D eigenvalue weighted by molar-refractivity contribution is 0.0478. The molecule has 0 fully saturated rings. The highest BCUT2D eigenvalue weighted by molar-refractivity contribution is 6.17. The number of aryl methyl sites for hydroxylation is 2. The van der Waals surface area contributed by atoms with Crippen LogP contribution in [0.4, 0.5) is 0 Å². The summed E-state index contributed by atoms with van der Waals surface area (Å²) < 4.78 is 5.49. The molecule has 0 unspecified atom stereocenters. The van der Waals surface area contributed by atoms with Crippen LogP contribution in [0.15, 0.2) is 72.8 Å². The van der Waals surface area contributed by atoms with Gasteiger partial charge in [0.15, 0.2) is 12.4 Å². The van der Waals surface area contributed by atoms with Crippen LogP contribution in [0.1, 0.15) is 38.3 Å². The minimum absolute atomic E-state index is 0.169. The third kappa shape index (κ3) is 3.19. The van der Waals surface area contributed by atoms with Crippen LogP contribution in [0, 0.1) is 0 Å². The van der Waals surface area contributed by atoms with Crippen molar-refractivity contribution in [3.05, 3.63) is 95.1 Å². The van der Waals surface area contributed by atoms with Gasteiger partial charge in [-0.3, -0.25) is 4.79 Å². The van der Waals surface area contributed by atoms with Crippen LogP contribution in [-0.2, 0) is 17.6 Å². The molecule has 0 radical (unpaired) electrons. The van der Waals surface area contributed by atoms with Gasteiger partial charge in [-0.05, 0) is 64.1 Å². The number of hydrogen-bond acceptors (Lipinski definition) is 3. The van der Waals surface area contributed by atoms with E-state index in [0.29, 0.717) is 11.1 Å². The van der Waals surface area contributed by atoms with Gasteiger partial charge in [0.2, 0.25) is 0 Å². The van der Waals surface area contributed by atoms with Gasteiger partial charge in [0.25, 0.3) is 0 Å². The highest BCUT2D eigenvalue weighted by Gasteiger charge is 2.19. The standard InChI is InChI=1S/C26H20O3/c27-24(21-13-12-17-8-5-9-18(17)14-21)16-29-26(28)25-22-10-3-1-6-19(22)15-20-7-2-4-11-23(20)25/h1-4,6-7,10-15H,5,8-9,16H2. The number of rotatable bonds is 4. The molecule has 0 heterocycles. The van der Waals surface area contributed by atoms with Gasteiger partial charge in [0.1, 0.15) is 0 Å². The van der Waals surface area contributed by atoms with E-state index in [1.165, 1.54) is 11.1 Å². The molecule has 29 heavy (non-hydrogen) atoms. The summed E-state index contributed by atoms with van der Waals surface area (Å²) in [6.07, 6.45) is 3.22. The first-order chi connectivity index (χ1) is 14.2. The molecule has 4 aromatic rings. The molecular weight excluding hydrogens is 360 g/mol. The molecule has 3 heteroatoms. The fourth-order valence-corrected chi connectivity index (χ4v) is 4.27. The predicted octanol–water partition coefficient (Wildman–Crippen LogP) is 5.52. The zero-order chi connectivity index (χ0) is 19.8. The van der Waals surface area contributed by atoms with Gasteiger partial charge in [0, 0.05) is 5.56 Å². The number of ether oxygens (including phenoxy) is 1. The van der Waals surface area contributed by atoms with Gasteiger partial charge in [-0.1, -0.05) is 60.7 Å². The summed E-state index contributed by atoms with van der Waals surface area (Å²) in [6.45, 7) is -0.255. The lowest BCUT2D eigenvalue weighted by Gasteiger charge is -2.11. The first kappa shape index (κ1) is 17.6. The largest absolute Gasteiger partial charge is 0.454 e. The fourth-order valence-electron chi connectivity index (χ4n) is 4.27. The summed E-state index contributed by atoms with van der Waals surface area (Å²) >= 11 is 0. The Balaban J connectivity index is 1.44. The van der Waals surface area contributed by atoms with E-state index >= 15 is 0 Å². The van der Waals surface area contributed by atoms with Gasteiger partial charge >= 0.3 is 5.97 Å². The molecular formula is C26H20O3. The predicted molar refractivity (Wildman–Crippen MR) is 115 cm³/mol. The first-order valence-corrected chi connectivity index (χ1v) is 9.93. The Bertz CT molecular complexity index is 1220. The molecule has 0 atom stereocenters. The Labute approximate surface area is 168 Å². The van der Waals surface area contributed by atoms with E-state index in [2.05, 4.69) is 6.07 Å². The molecule has 3 nitrogen and oxygen atoms in total. The molecule has 0 aliphatic heterocycles. The number of hydrogen-bond donors (Lipinski definition) is 0. The summed E-state index contributed by atoms with van der Waals surface area (Å²) in [5.74, 6) is -0.634. The summed E-state index contributed by atoms with van der Waals surface area (Å²) in [5.41, 5.74) is 3.68. The van der Waals surface area contributed by atoms with Crippen molar-refractivity contribution in [1.29, 1.82) is 0 Å². The zero-order valence-corrected chi connectivity index (χ0v) is 16.0. The van der Waals surface area contributed by atoms with Crippen LogP contribution < -0.4 is 0 Å². The lowest BCUT2D eigenvalue weighted by atomic mass is 9.97. The maximum atomic E-state index is 13.0. The molecule has 1 aliphatic rings. The molecule has 4 aromatic carbocycles. The Morgan fingerprint density at radius 3 is 2.14 bits per heavy atom. The minimum Gasteiger partial charge on any atom is -0.454 e. The summed E-state index contributed by atoms with van der Waals surface area (Å²) in [6, 6.07) is 23.4. The van der Waals surface area contributed by atoms with Gasteiger partial charge in [0.05, 0.1) is 5.56 Å². The van der Waals surface area contributed by atoms with Crippen LogP contribution >= 0.6 is 0 Å². The molecule has 5 rings (SSSR count). The first-order valence-electron chi connectivity index (χ1n) is 9.93. The van der Waals surface area contributed by atoms with Crippen LogP contribution in [0.2, 0.25) is 0 Å². The minimum atomic E-state index is -0.465. The highest BCUT2D eigenvalue weighted by atomic mass is 16.5. The monoisotopic (exact) mass is 380 g/mol. The molecule has 0 saturated carbocycles. The zero-order valence-electron chi connectivity index (χ0n) is 16.0. The highest BCUT2D eigenvalue weighted by Crippen LogP contribution is 2.29. The van der Waals surface area contributed by atoms with E-state index in [1.807, 2.05) is 66.7 Å². The Hall–Kier alpha value is -3.46. The van der Waals surface area contributed by atoms with Crippen molar-refractivity contribution in [3.8, 4) is 0 Å². The number of benzene rings is 4. The number of ketones is 1. The van der Waals surface area contributed by atoms with Crippen LogP contribution in [0.5, 0.6) is 0 Å². The third-order valence-electron chi connectivity index (χ3n) is 5.73. The summed E-state index contributed by atoms with van der Waals surface area (Å²) in [5, 5.41) is 3.62. The Kier molecular flexibility index (Phi) is 4.36. The van der Waals surface area contributed by atoms with Crippen LogP contribution in [-0.4, -0.2) is 18.4 Å². The van der Waals surface area contributed by atoms with Crippen LogP contribution in [0.3, 0.4) is 0 Å². The number of Topliss-reactive ketones (excluding diaryl/α,β-unsaturated/α-hetero) is 1. The van der Waals surface area contributed by atoms with E-state index in [4.69, 9.17) is 4.74 Å². The van der Waals surface area contributed by atoms with Crippen molar-refractivity contribution >= 4 is 33.3 Å². The number of esters is 1. The van der Waals surface area contributed by atoms with Crippen molar-refractivity contribution in [1.82, 2.24) is 0 Å². The maximum absolute atomic E-state index is 13.0. The lowest BCUT2D eigenvalue weighted by Crippen LogP contribution is -2.15. The van der Waals surface area contributed by atoms with Crippen molar-refractivity contribution in [2.45, 2.75) is 19.3 Å². The summed E-state index contributed by atoms with van der Waals surface area (Å²) in [7, 11) is 0. The topological polar surface area (TPSA) is 43.4 Å². The second kappa shape index (κ2) is 7.17. The quantitative estimate of drug-likeness (QED) is 0.266. The molecule has 0 amide bonds. The average Bonchev–Trinajstić information content (AvgIpc) is 3.23.